The molecule has 4 N–H and O–H groups in total. The number of esters is 1. The van der Waals surface area contributed by atoms with Gasteiger partial charge in [-0.05, 0) is 108 Å². The molecule has 390 valence electrons. The summed E-state index contributed by atoms with van der Waals surface area (Å²) in [7, 11) is 2.91. The maximum absolute atomic E-state index is 14.4. The Morgan fingerprint density at radius 3 is 2.36 bits per heavy atom. The highest BCUT2D eigenvalue weighted by Gasteiger charge is 2.53. The molecule has 1 aliphatic carbocycles. The largest absolute Gasteiger partial charge is 0.460 e. The third kappa shape index (κ3) is 15.7. The zero-order valence-electron chi connectivity index (χ0n) is 42.8. The number of ether oxygens (including phenoxy) is 5. The molecule has 2 saturated heterocycles. The molecule has 3 heterocycles. The Morgan fingerprint density at radius 2 is 1.67 bits per heavy atom. The molecule has 1 unspecified atom stereocenters. The predicted octanol–water partition coefficient (Wildman–Crippen LogP) is 5.89. The maximum atomic E-state index is 14.4. The number of hydrogen-bond donors (Lipinski definition) is 4. The number of cyclic esters (lactones) is 1. The molecule has 0 aromatic carbocycles. The zero-order valence-corrected chi connectivity index (χ0v) is 42.8. The van der Waals surface area contributed by atoms with Crippen LogP contribution in [0.15, 0.2) is 47.6 Å². The van der Waals surface area contributed by atoms with Crippen LogP contribution in [-0.2, 0) is 47.7 Å². The number of nitrogens with one attached hydrogen (secondary N) is 1. The first kappa shape index (κ1) is 58.1. The highest BCUT2D eigenvalue weighted by Crippen LogP contribution is 2.37. The monoisotopic (exact) mass is 981 g/mol. The molecule has 16 heteroatoms. The predicted molar refractivity (Wildman–Crippen MR) is 261 cm³/mol. The molecule has 3 aliphatic heterocycles. The van der Waals surface area contributed by atoms with Gasteiger partial charge in [0.1, 0.15) is 30.1 Å². The SMILES string of the molecule is C#CCOC(=O)NC1C[C@@H]2CC[C@@H](C)[C@@](O)(O2)C(=O)C(=O)N2CCCC[C@H]2C(=O)O[C@H]([C@H](C)C[C@@H]2CC[C@@H](O)[C@H](OC)C2)CC(=O)[C@H](C)/C=C(\C)[C@@H](O)[C@@H](OC)C(=O)[C@H](C)C[C@H](C)/C=C/C=CC=C1C. The number of ketones is 3. The van der Waals surface area contributed by atoms with Crippen molar-refractivity contribution >= 4 is 35.3 Å². The van der Waals surface area contributed by atoms with Gasteiger partial charge in [0.15, 0.2) is 12.4 Å². The molecule has 2 amide bonds. The van der Waals surface area contributed by atoms with Crippen LogP contribution in [0.4, 0.5) is 4.79 Å². The standard InChI is InChI=1S/C54H80N2O14/c1-11-25-68-53(64)55-41-30-40-22-20-38(8)54(65,70-40)50(61)51(62)56-24-16-15-19-42(56)52(63)69-45(35(5)28-39-21-23-43(57)46(29-39)66-9)31-44(58)34(4)27-37(7)48(60)49(67-10)47(59)36(6)26-32(2)17-13-12-14-18-33(41)3/h1,12-14,17-18,27,32,34-36,38-43,45-46,48-49,57,60,65H,15-16,19-26,28-31H2,2-10H3,(H,55,64)/b14-12?,17-13+,33-18?,37-27+/t32-,34-,35-,36-,38-,39+,40+,41?,42+,43-,45+,46-,48-,49+,54-/m1/s1. The van der Waals surface area contributed by atoms with E-state index >= 15 is 0 Å². The highest BCUT2D eigenvalue weighted by molar-refractivity contribution is 6.39. The molecule has 4 rings (SSSR count). The van der Waals surface area contributed by atoms with Gasteiger partial charge in [0, 0.05) is 44.9 Å². The summed E-state index contributed by atoms with van der Waals surface area (Å²) in [4.78, 5) is 85.0. The number of hydrogen-bond acceptors (Lipinski definition) is 14. The summed E-state index contributed by atoms with van der Waals surface area (Å²) in [5.74, 6) is -6.41. The van der Waals surface area contributed by atoms with Crippen LogP contribution in [0.25, 0.3) is 0 Å². The number of amides is 2. The molecular weight excluding hydrogens is 901 g/mol. The second-order valence-corrected chi connectivity index (χ2v) is 20.3. The minimum absolute atomic E-state index is 0.0325. The maximum Gasteiger partial charge on any atom is 0.408 e. The van der Waals surface area contributed by atoms with Crippen molar-refractivity contribution in [3.8, 4) is 12.3 Å². The van der Waals surface area contributed by atoms with E-state index in [0.717, 1.165) is 4.90 Å². The number of methoxy groups -OCH3 is 2. The van der Waals surface area contributed by atoms with E-state index in [1.807, 2.05) is 26.0 Å². The number of aliphatic hydroxyl groups excluding tert-OH is 2. The van der Waals surface area contributed by atoms with Crippen LogP contribution in [0.5, 0.6) is 0 Å². The van der Waals surface area contributed by atoms with Gasteiger partial charge in [-0.3, -0.25) is 19.2 Å². The first-order valence-electron chi connectivity index (χ1n) is 25.2. The van der Waals surface area contributed by atoms with Crippen molar-refractivity contribution in [3.63, 3.8) is 0 Å². The first-order chi connectivity index (χ1) is 33.1. The molecule has 0 radical (unpaired) electrons. The number of aliphatic hydroxyl groups is 3. The van der Waals surface area contributed by atoms with Crippen molar-refractivity contribution in [2.45, 2.75) is 180 Å². The summed E-state index contributed by atoms with van der Waals surface area (Å²) in [5.41, 5.74) is 1.04. The number of carbonyl (C=O) groups is 6. The number of allylic oxidation sites excluding steroid dienone is 6. The number of alkyl carbamates (subject to hydrolysis) is 1. The molecule has 15 atom stereocenters. The van der Waals surface area contributed by atoms with Gasteiger partial charge in [-0.2, -0.15) is 0 Å². The molecule has 0 aromatic rings. The fourth-order valence-electron chi connectivity index (χ4n) is 10.3. The summed E-state index contributed by atoms with van der Waals surface area (Å²) in [6, 6.07) is -1.91. The number of fused-ring (bicyclic) bond motifs is 3. The smallest absolute Gasteiger partial charge is 0.408 e. The normalized spacial score (nSPS) is 36.9. The Bertz CT molecular complexity index is 1990. The van der Waals surface area contributed by atoms with Crippen molar-refractivity contribution in [2.24, 2.45) is 35.5 Å². The zero-order chi connectivity index (χ0) is 51.9. The fourth-order valence-corrected chi connectivity index (χ4v) is 10.3. The molecular formula is C54H80N2O14. The second-order valence-electron chi connectivity index (χ2n) is 20.3. The van der Waals surface area contributed by atoms with Gasteiger partial charge < -0.3 is 49.2 Å². The number of rotatable bonds is 7. The van der Waals surface area contributed by atoms with Gasteiger partial charge in [-0.1, -0.05) is 82.6 Å². The number of terminal acetylenes is 1. The average molecular weight is 981 g/mol. The molecule has 0 spiro atoms. The van der Waals surface area contributed by atoms with Gasteiger partial charge in [0.05, 0.1) is 24.4 Å². The molecule has 2 bridgehead atoms. The molecule has 70 heavy (non-hydrogen) atoms. The Balaban J connectivity index is 1.73. The topological polar surface area (TPSA) is 225 Å². The van der Waals surface area contributed by atoms with E-state index in [1.165, 1.54) is 7.11 Å². The lowest BCUT2D eigenvalue weighted by molar-refractivity contribution is -0.264. The van der Waals surface area contributed by atoms with Crippen molar-refractivity contribution in [2.75, 3.05) is 27.4 Å². The van der Waals surface area contributed by atoms with E-state index in [4.69, 9.17) is 30.1 Å². The van der Waals surface area contributed by atoms with Gasteiger partial charge >= 0.3 is 12.1 Å². The molecule has 3 fully saturated rings. The van der Waals surface area contributed by atoms with Crippen LogP contribution in [0, 0.1) is 47.9 Å². The van der Waals surface area contributed by atoms with Crippen molar-refractivity contribution in [1.29, 1.82) is 0 Å². The van der Waals surface area contributed by atoms with Crippen LogP contribution < -0.4 is 5.32 Å². The lowest BCUT2D eigenvalue weighted by Crippen LogP contribution is -2.61. The van der Waals surface area contributed by atoms with Crippen LogP contribution in [-0.4, -0.2) is 137 Å². The number of Topliss-reactive ketones (excluding diaryl/α,β-unsaturated/α-hetero) is 3. The number of carbonyl (C=O) groups excluding carboxylic acids is 6. The van der Waals surface area contributed by atoms with E-state index < -0.39 is 89.9 Å². The van der Waals surface area contributed by atoms with E-state index in [9.17, 15) is 44.1 Å². The Morgan fingerprint density at radius 1 is 0.943 bits per heavy atom. The molecule has 1 saturated carbocycles. The summed E-state index contributed by atoms with van der Waals surface area (Å²) in [6.07, 6.45) is 14.5. The summed E-state index contributed by atoms with van der Waals surface area (Å²) < 4.78 is 28.7. The van der Waals surface area contributed by atoms with Crippen molar-refractivity contribution in [1.82, 2.24) is 10.2 Å². The summed E-state index contributed by atoms with van der Waals surface area (Å²) in [5, 5.41) is 36.8. The van der Waals surface area contributed by atoms with Gasteiger partial charge in [0.2, 0.25) is 5.79 Å². The number of nitrogens with zero attached hydrogens (tertiary/aromatic N) is 1. The van der Waals surface area contributed by atoms with Gasteiger partial charge in [-0.15, -0.1) is 6.42 Å². The first-order valence-corrected chi connectivity index (χ1v) is 25.2. The molecule has 0 aromatic heterocycles. The third-order valence-corrected chi connectivity index (χ3v) is 14.8. The van der Waals surface area contributed by atoms with E-state index in [1.54, 1.807) is 66.0 Å². The van der Waals surface area contributed by atoms with Gasteiger partial charge in [0.25, 0.3) is 11.7 Å². The summed E-state index contributed by atoms with van der Waals surface area (Å²) >= 11 is 0. The second kappa shape index (κ2) is 27.4. The van der Waals surface area contributed by atoms with Crippen LogP contribution in [0.2, 0.25) is 0 Å². The molecule has 4 aliphatic rings. The van der Waals surface area contributed by atoms with E-state index in [0.29, 0.717) is 68.9 Å². The minimum atomic E-state index is -2.56. The van der Waals surface area contributed by atoms with Crippen molar-refractivity contribution in [3.05, 3.63) is 47.6 Å². The Labute approximate surface area is 415 Å². The van der Waals surface area contributed by atoms with Gasteiger partial charge in [-0.25, -0.2) is 9.59 Å². The highest BCUT2D eigenvalue weighted by atomic mass is 16.6. The Kier molecular flexibility index (Phi) is 22.7. The lowest BCUT2D eigenvalue weighted by Gasteiger charge is -2.43. The quantitative estimate of drug-likeness (QED) is 0.101. The summed E-state index contributed by atoms with van der Waals surface area (Å²) in [6.45, 7) is 12.1. The van der Waals surface area contributed by atoms with Crippen LogP contribution in [0.1, 0.15) is 126 Å². The average Bonchev–Trinajstić information content (AvgIpc) is 3.33. The Hall–Kier alpha value is -4.50. The third-order valence-electron chi connectivity index (χ3n) is 14.8. The minimum Gasteiger partial charge on any atom is -0.460 e. The van der Waals surface area contributed by atoms with Crippen LogP contribution in [0.3, 0.4) is 0 Å². The lowest BCUT2D eigenvalue weighted by atomic mass is 9.78. The van der Waals surface area contributed by atoms with Crippen LogP contribution >= 0.6 is 0 Å². The molecule has 16 nitrogen and oxygen atoms in total. The van der Waals surface area contributed by atoms with E-state index in [-0.39, 0.29) is 67.8 Å². The fraction of sp³-hybridized carbons (Fsp3) is 0.704. The van der Waals surface area contributed by atoms with Crippen molar-refractivity contribution < 1.29 is 67.8 Å². The number of piperidine rings is 1. The van der Waals surface area contributed by atoms with E-state index in [2.05, 4.69) is 11.2 Å².